The Labute approximate surface area is 86.4 Å². The topological polar surface area (TPSA) is 41.1 Å². The molecule has 0 aliphatic rings. The van der Waals surface area contributed by atoms with Crippen LogP contribution >= 0.6 is 0 Å². The van der Waals surface area contributed by atoms with Gasteiger partial charge in [-0.1, -0.05) is 5.92 Å². The van der Waals surface area contributed by atoms with E-state index in [0.717, 1.165) is 0 Å². The van der Waals surface area contributed by atoms with E-state index >= 15 is 0 Å². The maximum absolute atomic E-state index is 11.7. The predicted molar refractivity (Wildman–Crippen MR) is 50.0 cm³/mol. The summed E-state index contributed by atoms with van der Waals surface area (Å²) in [4.78, 5) is 11.1. The van der Waals surface area contributed by atoms with E-state index in [-0.39, 0.29) is 13.1 Å². The van der Waals surface area contributed by atoms with Gasteiger partial charge in [-0.3, -0.25) is 4.79 Å². The molecule has 86 valence electrons. The number of amides is 1. The Balaban J connectivity index is 3.70. The Bertz CT molecular complexity index is 245. The third kappa shape index (κ3) is 7.82. The quantitative estimate of drug-likeness (QED) is 0.671. The molecule has 0 aromatic carbocycles. The first kappa shape index (κ1) is 13.8. The monoisotopic (exact) mass is 222 g/mol. The number of carbonyl (C=O) groups excluding carboxylic acids is 1. The minimum Gasteiger partial charge on any atom is -0.344 e. The Kier molecular flexibility index (Phi) is 5.79. The van der Waals surface area contributed by atoms with Gasteiger partial charge in [0.1, 0.15) is 0 Å². The fourth-order valence-corrected chi connectivity index (χ4v) is 0.814. The van der Waals surface area contributed by atoms with E-state index in [9.17, 15) is 18.0 Å². The molecular weight excluding hydrogens is 209 g/mol. The van der Waals surface area contributed by atoms with Crippen LogP contribution in [0.25, 0.3) is 0 Å². The summed E-state index contributed by atoms with van der Waals surface area (Å²) in [6.45, 7) is 1.26. The molecule has 0 radical (unpaired) electrons. The van der Waals surface area contributed by atoms with E-state index in [1.807, 2.05) is 0 Å². The number of terminal acetylenes is 1. The van der Waals surface area contributed by atoms with Gasteiger partial charge < -0.3 is 10.6 Å². The summed E-state index contributed by atoms with van der Waals surface area (Å²) < 4.78 is 35.2. The molecule has 0 aliphatic heterocycles. The van der Waals surface area contributed by atoms with Crippen LogP contribution < -0.4 is 10.6 Å². The second kappa shape index (κ2) is 6.30. The number of halogens is 3. The van der Waals surface area contributed by atoms with Crippen molar-refractivity contribution in [1.29, 1.82) is 0 Å². The van der Waals surface area contributed by atoms with Crippen molar-refractivity contribution in [2.24, 2.45) is 0 Å². The molecule has 6 heteroatoms. The second-order valence-electron chi connectivity index (χ2n) is 2.96. The molecule has 0 rings (SSSR count). The van der Waals surface area contributed by atoms with Gasteiger partial charge in [0.2, 0.25) is 5.91 Å². The summed E-state index contributed by atoms with van der Waals surface area (Å²) >= 11 is 0. The predicted octanol–water partition coefficient (Wildman–Crippen LogP) is 0.666. The minimum absolute atomic E-state index is 0.0735. The number of alkyl halides is 3. The Morgan fingerprint density at radius 3 is 2.60 bits per heavy atom. The summed E-state index contributed by atoms with van der Waals surface area (Å²) in [5, 5.41) is 4.81. The van der Waals surface area contributed by atoms with Crippen LogP contribution in [0.1, 0.15) is 13.3 Å². The van der Waals surface area contributed by atoms with Crippen LogP contribution in [0.15, 0.2) is 0 Å². The van der Waals surface area contributed by atoms with Crippen LogP contribution in [0.5, 0.6) is 0 Å². The molecule has 15 heavy (non-hydrogen) atoms. The lowest BCUT2D eigenvalue weighted by atomic mass is 10.3. The van der Waals surface area contributed by atoms with Crippen LogP contribution in [0.4, 0.5) is 13.2 Å². The first-order chi connectivity index (χ1) is 6.87. The molecule has 0 saturated heterocycles. The van der Waals surface area contributed by atoms with E-state index in [1.54, 1.807) is 0 Å². The molecule has 0 aliphatic carbocycles. The Morgan fingerprint density at radius 1 is 1.53 bits per heavy atom. The summed E-state index contributed by atoms with van der Waals surface area (Å²) in [7, 11) is 0. The van der Waals surface area contributed by atoms with Gasteiger partial charge in [-0.25, -0.2) is 0 Å². The SMILES string of the molecule is C#CCNC(=O)C(C)NCCC(F)(F)F. The summed E-state index contributed by atoms with van der Waals surface area (Å²) in [6.07, 6.45) is -0.265. The van der Waals surface area contributed by atoms with E-state index in [2.05, 4.69) is 16.6 Å². The van der Waals surface area contributed by atoms with Crippen molar-refractivity contribution in [3.8, 4) is 12.3 Å². The average Bonchev–Trinajstić information content (AvgIpc) is 2.11. The fraction of sp³-hybridized carbons (Fsp3) is 0.667. The lowest BCUT2D eigenvalue weighted by molar-refractivity contribution is -0.135. The Hall–Kier alpha value is -1.22. The average molecular weight is 222 g/mol. The van der Waals surface area contributed by atoms with Gasteiger partial charge in [0.25, 0.3) is 0 Å². The molecular formula is C9H13F3N2O. The molecule has 0 fully saturated rings. The van der Waals surface area contributed by atoms with Gasteiger partial charge >= 0.3 is 6.18 Å². The standard InChI is InChI=1S/C9H13F3N2O/c1-3-5-14-8(15)7(2)13-6-4-9(10,11)12/h1,7,13H,4-6H2,2H3,(H,14,15). The second-order valence-corrected chi connectivity index (χ2v) is 2.96. The highest BCUT2D eigenvalue weighted by Gasteiger charge is 2.26. The first-order valence-corrected chi connectivity index (χ1v) is 4.38. The van der Waals surface area contributed by atoms with Crippen molar-refractivity contribution in [2.75, 3.05) is 13.1 Å². The van der Waals surface area contributed by atoms with Crippen molar-refractivity contribution in [1.82, 2.24) is 10.6 Å². The fourth-order valence-electron chi connectivity index (χ4n) is 0.814. The molecule has 1 atom stereocenters. The van der Waals surface area contributed by atoms with Crippen LogP contribution in [0.2, 0.25) is 0 Å². The number of carbonyl (C=O) groups is 1. The van der Waals surface area contributed by atoms with E-state index in [0.29, 0.717) is 0 Å². The Morgan fingerprint density at radius 2 is 2.13 bits per heavy atom. The molecule has 2 N–H and O–H groups in total. The van der Waals surface area contributed by atoms with Gasteiger partial charge in [0.15, 0.2) is 0 Å². The number of hydrogen-bond acceptors (Lipinski definition) is 2. The van der Waals surface area contributed by atoms with Crippen molar-refractivity contribution in [2.45, 2.75) is 25.6 Å². The highest BCUT2D eigenvalue weighted by atomic mass is 19.4. The lowest BCUT2D eigenvalue weighted by Crippen LogP contribution is -2.43. The van der Waals surface area contributed by atoms with Gasteiger partial charge in [-0.05, 0) is 6.92 Å². The molecule has 0 saturated carbocycles. The molecule has 0 aromatic heterocycles. The first-order valence-electron chi connectivity index (χ1n) is 4.38. The molecule has 0 heterocycles. The van der Waals surface area contributed by atoms with Crippen molar-refractivity contribution in [3.05, 3.63) is 0 Å². The number of rotatable bonds is 5. The highest BCUT2D eigenvalue weighted by Crippen LogP contribution is 2.18. The zero-order valence-electron chi connectivity index (χ0n) is 8.32. The molecule has 0 spiro atoms. The van der Waals surface area contributed by atoms with Crippen LogP contribution in [-0.2, 0) is 4.79 Å². The van der Waals surface area contributed by atoms with E-state index in [4.69, 9.17) is 6.42 Å². The van der Waals surface area contributed by atoms with Gasteiger partial charge in [0.05, 0.1) is 19.0 Å². The summed E-state index contributed by atoms with van der Waals surface area (Å²) in [5.41, 5.74) is 0. The lowest BCUT2D eigenvalue weighted by Gasteiger charge is -2.13. The van der Waals surface area contributed by atoms with Gasteiger partial charge in [-0.2, -0.15) is 13.2 Å². The third-order valence-corrected chi connectivity index (χ3v) is 1.62. The van der Waals surface area contributed by atoms with Gasteiger partial charge in [0, 0.05) is 6.54 Å². The van der Waals surface area contributed by atoms with Crippen molar-refractivity contribution in [3.63, 3.8) is 0 Å². The molecule has 0 bridgehead atoms. The third-order valence-electron chi connectivity index (χ3n) is 1.62. The smallest absolute Gasteiger partial charge is 0.344 e. The number of hydrogen-bond donors (Lipinski definition) is 2. The maximum atomic E-state index is 11.7. The zero-order chi connectivity index (χ0) is 11.9. The molecule has 3 nitrogen and oxygen atoms in total. The summed E-state index contributed by atoms with van der Waals surface area (Å²) in [5.74, 6) is 1.79. The maximum Gasteiger partial charge on any atom is 0.390 e. The van der Waals surface area contributed by atoms with Crippen LogP contribution in [0.3, 0.4) is 0 Å². The van der Waals surface area contributed by atoms with E-state index in [1.165, 1.54) is 6.92 Å². The zero-order valence-corrected chi connectivity index (χ0v) is 8.32. The van der Waals surface area contributed by atoms with Crippen LogP contribution in [0, 0.1) is 12.3 Å². The minimum atomic E-state index is -4.21. The number of nitrogens with one attached hydrogen (secondary N) is 2. The normalized spacial score (nSPS) is 13.0. The summed E-state index contributed by atoms with van der Waals surface area (Å²) in [6, 6.07) is -0.680. The highest BCUT2D eigenvalue weighted by molar-refractivity contribution is 5.81. The molecule has 1 unspecified atom stereocenters. The van der Waals surface area contributed by atoms with Crippen LogP contribution in [-0.4, -0.2) is 31.2 Å². The van der Waals surface area contributed by atoms with Gasteiger partial charge in [-0.15, -0.1) is 6.42 Å². The van der Waals surface area contributed by atoms with Crippen molar-refractivity contribution >= 4 is 5.91 Å². The molecule has 1 amide bonds. The van der Waals surface area contributed by atoms with Crippen molar-refractivity contribution < 1.29 is 18.0 Å². The van der Waals surface area contributed by atoms with E-state index < -0.39 is 24.5 Å². The largest absolute Gasteiger partial charge is 0.390 e. The molecule has 0 aromatic rings.